The molecule has 5 nitrogen and oxygen atoms in total. The Morgan fingerprint density at radius 1 is 1.27 bits per heavy atom. The van der Waals surface area contributed by atoms with Crippen molar-refractivity contribution in [1.29, 1.82) is 0 Å². The van der Waals surface area contributed by atoms with Gasteiger partial charge >= 0.3 is 0 Å². The molecule has 3 heterocycles. The van der Waals surface area contributed by atoms with E-state index in [4.69, 9.17) is 4.52 Å². The molecule has 3 aromatic heterocycles. The van der Waals surface area contributed by atoms with Gasteiger partial charge in [-0.25, -0.2) is 4.98 Å². The van der Waals surface area contributed by atoms with Crippen molar-refractivity contribution in [1.82, 2.24) is 10.1 Å². The number of carbonyl (C=O) groups excluding carboxylic acids is 1. The highest BCUT2D eigenvalue weighted by molar-refractivity contribution is 7.13. The maximum atomic E-state index is 12.6. The third kappa shape index (κ3) is 2.21. The van der Waals surface area contributed by atoms with Crippen LogP contribution in [0.15, 0.2) is 52.5 Å². The van der Waals surface area contributed by atoms with Crippen LogP contribution >= 0.6 is 11.3 Å². The average molecular weight is 311 g/mol. The second kappa shape index (κ2) is 5.06. The lowest BCUT2D eigenvalue weighted by molar-refractivity contribution is -0.118. The SMILES string of the molecule is O=C(Nc1ccccn1)C1(c2cc(-c3cccs3)on2)CC1. The minimum atomic E-state index is -0.573. The van der Waals surface area contributed by atoms with Crippen LogP contribution in [0.5, 0.6) is 0 Å². The van der Waals surface area contributed by atoms with Crippen molar-refractivity contribution < 1.29 is 9.32 Å². The first-order chi connectivity index (χ1) is 10.8. The van der Waals surface area contributed by atoms with Gasteiger partial charge in [0.15, 0.2) is 5.76 Å². The van der Waals surface area contributed by atoms with E-state index < -0.39 is 5.41 Å². The first-order valence-electron chi connectivity index (χ1n) is 7.01. The molecule has 0 atom stereocenters. The second-order valence-corrected chi connectivity index (χ2v) is 6.25. The molecule has 1 aliphatic rings. The molecule has 22 heavy (non-hydrogen) atoms. The predicted molar refractivity (Wildman–Crippen MR) is 83.6 cm³/mol. The highest BCUT2D eigenvalue weighted by Crippen LogP contribution is 2.49. The lowest BCUT2D eigenvalue weighted by Gasteiger charge is -2.11. The number of rotatable bonds is 4. The van der Waals surface area contributed by atoms with E-state index in [0.29, 0.717) is 17.3 Å². The monoisotopic (exact) mass is 311 g/mol. The van der Waals surface area contributed by atoms with Crippen molar-refractivity contribution in [2.24, 2.45) is 0 Å². The van der Waals surface area contributed by atoms with Crippen LogP contribution in [-0.4, -0.2) is 16.0 Å². The summed E-state index contributed by atoms with van der Waals surface area (Å²) in [7, 11) is 0. The van der Waals surface area contributed by atoms with Gasteiger partial charge in [-0.1, -0.05) is 17.3 Å². The lowest BCUT2D eigenvalue weighted by atomic mass is 10.0. The number of thiophene rings is 1. The minimum absolute atomic E-state index is 0.0720. The molecule has 0 spiro atoms. The molecule has 1 saturated carbocycles. The Hall–Kier alpha value is -2.47. The van der Waals surface area contributed by atoms with Gasteiger partial charge in [0.1, 0.15) is 5.82 Å². The molecule has 4 rings (SSSR count). The predicted octanol–water partition coefficient (Wildman–Crippen LogP) is 3.47. The molecule has 1 aliphatic carbocycles. The molecule has 0 aromatic carbocycles. The van der Waals surface area contributed by atoms with Crippen molar-refractivity contribution in [2.45, 2.75) is 18.3 Å². The number of aromatic nitrogens is 2. The molecule has 1 amide bonds. The molecule has 0 unspecified atom stereocenters. The Kier molecular flexibility index (Phi) is 3.04. The normalized spacial score (nSPS) is 15.5. The Morgan fingerprint density at radius 2 is 2.18 bits per heavy atom. The van der Waals surface area contributed by atoms with Crippen LogP contribution in [0.1, 0.15) is 18.5 Å². The second-order valence-electron chi connectivity index (χ2n) is 5.30. The first kappa shape index (κ1) is 13.2. The largest absolute Gasteiger partial charge is 0.355 e. The van der Waals surface area contributed by atoms with Crippen LogP contribution < -0.4 is 5.32 Å². The summed E-state index contributed by atoms with van der Waals surface area (Å²) in [6.07, 6.45) is 3.21. The molecule has 0 saturated heterocycles. The number of nitrogens with zero attached hydrogens (tertiary/aromatic N) is 2. The van der Waals surface area contributed by atoms with Gasteiger partial charge in [0, 0.05) is 12.3 Å². The molecule has 3 aromatic rings. The molecule has 110 valence electrons. The van der Waals surface area contributed by atoms with Crippen LogP contribution in [0.2, 0.25) is 0 Å². The zero-order chi connectivity index (χ0) is 15.0. The van der Waals surface area contributed by atoms with E-state index in [-0.39, 0.29) is 5.91 Å². The summed E-state index contributed by atoms with van der Waals surface area (Å²) in [5.41, 5.74) is 0.126. The molecule has 0 bridgehead atoms. The summed E-state index contributed by atoms with van der Waals surface area (Å²) in [6.45, 7) is 0. The smallest absolute Gasteiger partial charge is 0.237 e. The van der Waals surface area contributed by atoms with E-state index in [1.165, 1.54) is 0 Å². The Morgan fingerprint density at radius 3 is 2.86 bits per heavy atom. The maximum absolute atomic E-state index is 12.6. The van der Waals surface area contributed by atoms with Gasteiger partial charge in [-0.15, -0.1) is 11.3 Å². The highest BCUT2D eigenvalue weighted by Gasteiger charge is 2.54. The Bertz CT molecular complexity index is 792. The zero-order valence-electron chi connectivity index (χ0n) is 11.7. The number of amides is 1. The summed E-state index contributed by atoms with van der Waals surface area (Å²) >= 11 is 1.59. The third-order valence-corrected chi connectivity index (χ3v) is 4.74. The number of nitrogens with one attached hydrogen (secondary N) is 1. The van der Waals surface area contributed by atoms with Crippen molar-refractivity contribution >= 4 is 23.1 Å². The van der Waals surface area contributed by atoms with Crippen LogP contribution in [0.25, 0.3) is 10.6 Å². The molecule has 1 fully saturated rings. The standard InChI is InChI=1S/C16H13N3O2S/c20-15(18-14-5-1-2-8-17-14)16(6-7-16)13-10-11(21-19-13)12-4-3-9-22-12/h1-5,8-10H,6-7H2,(H,17,18,20). The van der Waals surface area contributed by atoms with Gasteiger partial charge in [-0.3, -0.25) is 4.79 Å². The van der Waals surface area contributed by atoms with Crippen LogP contribution in [-0.2, 0) is 10.2 Å². The number of pyridine rings is 1. The zero-order valence-corrected chi connectivity index (χ0v) is 12.5. The fourth-order valence-electron chi connectivity index (χ4n) is 2.43. The number of anilines is 1. The highest BCUT2D eigenvalue weighted by atomic mass is 32.1. The van der Waals surface area contributed by atoms with Crippen LogP contribution in [0, 0.1) is 0 Å². The fraction of sp³-hybridized carbons (Fsp3) is 0.188. The van der Waals surface area contributed by atoms with E-state index in [2.05, 4.69) is 15.5 Å². The summed E-state index contributed by atoms with van der Waals surface area (Å²) in [5, 5.41) is 8.96. The van der Waals surface area contributed by atoms with Gasteiger partial charge in [0.25, 0.3) is 0 Å². The van der Waals surface area contributed by atoms with Gasteiger partial charge < -0.3 is 9.84 Å². The molecular weight excluding hydrogens is 298 g/mol. The van der Waals surface area contributed by atoms with Gasteiger partial charge in [0.2, 0.25) is 5.91 Å². The summed E-state index contributed by atoms with van der Waals surface area (Å²) in [6, 6.07) is 11.2. The van der Waals surface area contributed by atoms with Crippen molar-refractivity contribution in [3.63, 3.8) is 0 Å². The van der Waals surface area contributed by atoms with Gasteiger partial charge in [-0.2, -0.15) is 0 Å². The maximum Gasteiger partial charge on any atom is 0.237 e. The van der Waals surface area contributed by atoms with Crippen LogP contribution in [0.3, 0.4) is 0 Å². The van der Waals surface area contributed by atoms with E-state index in [1.54, 1.807) is 23.6 Å². The van der Waals surface area contributed by atoms with E-state index in [9.17, 15) is 4.79 Å². The molecular formula is C16H13N3O2S. The van der Waals surface area contributed by atoms with Crippen LogP contribution in [0.4, 0.5) is 5.82 Å². The summed E-state index contributed by atoms with van der Waals surface area (Å²) < 4.78 is 5.40. The number of hydrogen-bond acceptors (Lipinski definition) is 5. The molecule has 6 heteroatoms. The quantitative estimate of drug-likeness (QED) is 0.801. The third-order valence-electron chi connectivity index (χ3n) is 3.86. The van der Waals surface area contributed by atoms with E-state index >= 15 is 0 Å². The van der Waals surface area contributed by atoms with Crippen molar-refractivity contribution in [3.8, 4) is 10.6 Å². The Balaban J connectivity index is 1.58. The fourth-order valence-corrected chi connectivity index (χ4v) is 3.11. The Labute approximate surface area is 131 Å². The number of carbonyl (C=O) groups is 1. The van der Waals surface area contributed by atoms with E-state index in [1.807, 2.05) is 35.7 Å². The minimum Gasteiger partial charge on any atom is -0.355 e. The van der Waals surface area contributed by atoms with Gasteiger partial charge in [0.05, 0.1) is 16.0 Å². The van der Waals surface area contributed by atoms with Gasteiger partial charge in [-0.05, 0) is 36.4 Å². The lowest BCUT2D eigenvalue weighted by Crippen LogP contribution is -2.28. The first-order valence-corrected chi connectivity index (χ1v) is 7.89. The average Bonchev–Trinajstić information content (AvgIpc) is 2.98. The number of hydrogen-bond donors (Lipinski definition) is 1. The molecule has 1 N–H and O–H groups in total. The van der Waals surface area contributed by atoms with E-state index in [0.717, 1.165) is 17.7 Å². The topological polar surface area (TPSA) is 68.0 Å². The van der Waals surface area contributed by atoms with Crippen molar-refractivity contribution in [2.75, 3.05) is 5.32 Å². The molecule has 0 aliphatic heterocycles. The molecule has 0 radical (unpaired) electrons. The van der Waals surface area contributed by atoms with Crippen molar-refractivity contribution in [3.05, 3.63) is 53.7 Å². The summed E-state index contributed by atoms with van der Waals surface area (Å²) in [5.74, 6) is 1.19. The summed E-state index contributed by atoms with van der Waals surface area (Å²) in [4.78, 5) is 17.7.